The molecule has 0 aliphatic carbocycles. The molecule has 6 nitrogen and oxygen atoms in total. The van der Waals surface area contributed by atoms with Gasteiger partial charge in [-0.15, -0.1) is 11.3 Å². The maximum Gasteiger partial charge on any atom is 0.250 e. The van der Waals surface area contributed by atoms with Crippen molar-refractivity contribution in [2.75, 3.05) is 0 Å². The van der Waals surface area contributed by atoms with E-state index in [0.717, 1.165) is 15.1 Å². The minimum atomic E-state index is -3.64. The molecule has 96 valence electrons. The highest BCUT2D eigenvalue weighted by molar-refractivity contribution is 9.11. The quantitative estimate of drug-likeness (QED) is 0.325. The zero-order chi connectivity index (χ0) is 13.1. The van der Waals surface area contributed by atoms with Gasteiger partial charge in [-0.25, -0.2) is 8.42 Å². The Labute approximate surface area is 112 Å². The maximum atomic E-state index is 11.9. The van der Waals surface area contributed by atoms with Crippen LogP contribution in [0, 0.1) is 0 Å². The number of halogens is 1. The van der Waals surface area contributed by atoms with Crippen LogP contribution in [0.4, 0.5) is 0 Å². The van der Waals surface area contributed by atoms with Crippen LogP contribution in [-0.2, 0) is 10.0 Å². The number of nitrogens with zero attached hydrogens (tertiary/aromatic N) is 1. The highest BCUT2D eigenvalue weighted by Crippen LogP contribution is 2.26. The van der Waals surface area contributed by atoms with Crippen LogP contribution in [0.3, 0.4) is 0 Å². The van der Waals surface area contributed by atoms with Crippen LogP contribution in [-0.4, -0.2) is 25.5 Å². The van der Waals surface area contributed by atoms with Gasteiger partial charge in [0, 0.05) is 0 Å². The predicted molar refractivity (Wildman–Crippen MR) is 69.8 cm³/mol. The van der Waals surface area contributed by atoms with Crippen molar-refractivity contribution in [2.45, 2.75) is 23.6 Å². The number of sulfonamides is 1. The smallest absolute Gasteiger partial charge is 0.250 e. The van der Waals surface area contributed by atoms with E-state index in [1.807, 2.05) is 0 Å². The fourth-order valence-electron chi connectivity index (χ4n) is 1.11. The molecule has 0 fully saturated rings. The lowest BCUT2D eigenvalue weighted by Gasteiger charge is -2.14. The van der Waals surface area contributed by atoms with Gasteiger partial charge in [-0.1, -0.05) is 12.1 Å². The molecule has 0 aliphatic rings. The van der Waals surface area contributed by atoms with Crippen molar-refractivity contribution in [1.29, 1.82) is 0 Å². The van der Waals surface area contributed by atoms with Gasteiger partial charge in [-0.05, 0) is 34.5 Å². The molecule has 0 bridgehead atoms. The highest BCUT2D eigenvalue weighted by atomic mass is 79.9. The summed E-state index contributed by atoms with van der Waals surface area (Å²) < 4.78 is 27.1. The molecule has 0 saturated heterocycles. The Morgan fingerprint density at radius 1 is 1.71 bits per heavy atom. The van der Waals surface area contributed by atoms with E-state index < -0.39 is 16.1 Å². The van der Waals surface area contributed by atoms with E-state index in [2.05, 4.69) is 25.8 Å². The monoisotopic (exact) mass is 341 g/mol. The van der Waals surface area contributed by atoms with Crippen LogP contribution in [0.2, 0.25) is 0 Å². The van der Waals surface area contributed by atoms with Crippen molar-refractivity contribution in [3.63, 3.8) is 0 Å². The SMILES string of the molecule is CCC(NS(=O)(=O)c1ccc(Br)s1)/C(N)=N/O. The average molecular weight is 342 g/mol. The van der Waals surface area contributed by atoms with Crippen molar-refractivity contribution in [2.24, 2.45) is 10.9 Å². The number of amidine groups is 1. The molecule has 0 radical (unpaired) electrons. The third-order valence-corrected chi connectivity index (χ3v) is 5.58. The molecule has 1 rings (SSSR count). The third kappa shape index (κ3) is 3.66. The number of hydrogen-bond donors (Lipinski definition) is 3. The van der Waals surface area contributed by atoms with Gasteiger partial charge in [-0.3, -0.25) is 0 Å². The molecule has 0 spiro atoms. The number of thiophene rings is 1. The first-order valence-corrected chi connectivity index (χ1v) is 7.75. The van der Waals surface area contributed by atoms with Crippen LogP contribution < -0.4 is 10.5 Å². The van der Waals surface area contributed by atoms with Gasteiger partial charge in [0.2, 0.25) is 0 Å². The largest absolute Gasteiger partial charge is 0.409 e. The Hall–Kier alpha value is -0.640. The van der Waals surface area contributed by atoms with Crippen LogP contribution in [0.1, 0.15) is 13.3 Å². The fourth-order valence-corrected chi connectivity index (χ4v) is 4.43. The molecule has 1 atom stereocenters. The lowest BCUT2D eigenvalue weighted by atomic mass is 10.2. The summed E-state index contributed by atoms with van der Waals surface area (Å²) in [7, 11) is -3.64. The molecule has 9 heteroatoms. The van der Waals surface area contributed by atoms with Crippen molar-refractivity contribution in [3.8, 4) is 0 Å². The van der Waals surface area contributed by atoms with Crippen molar-refractivity contribution < 1.29 is 13.6 Å². The summed E-state index contributed by atoms with van der Waals surface area (Å²) in [5, 5.41) is 11.3. The van der Waals surface area contributed by atoms with Crippen molar-refractivity contribution >= 4 is 43.1 Å². The number of nitrogens with one attached hydrogen (secondary N) is 1. The van der Waals surface area contributed by atoms with E-state index in [1.165, 1.54) is 6.07 Å². The topological polar surface area (TPSA) is 105 Å². The van der Waals surface area contributed by atoms with Crippen LogP contribution in [0.5, 0.6) is 0 Å². The summed E-state index contributed by atoms with van der Waals surface area (Å²) in [6, 6.07) is 2.41. The minimum Gasteiger partial charge on any atom is -0.409 e. The van der Waals surface area contributed by atoms with E-state index in [9.17, 15) is 8.42 Å². The second-order valence-electron chi connectivity index (χ2n) is 3.17. The van der Waals surface area contributed by atoms with Gasteiger partial charge in [-0.2, -0.15) is 4.72 Å². The lowest BCUT2D eigenvalue weighted by molar-refractivity contribution is 0.315. The molecule has 1 aromatic rings. The van der Waals surface area contributed by atoms with Crippen molar-refractivity contribution in [3.05, 3.63) is 15.9 Å². The standard InChI is InChI=1S/C8H12BrN3O3S2/c1-2-5(8(10)11-13)12-17(14,15)7-4-3-6(9)16-7/h3-5,12-13H,2H2,1H3,(H2,10,11). The molecular formula is C8H12BrN3O3S2. The normalized spacial score (nSPS) is 14.8. The Balaban J connectivity index is 2.93. The van der Waals surface area contributed by atoms with Gasteiger partial charge in [0.25, 0.3) is 10.0 Å². The maximum absolute atomic E-state index is 11.9. The van der Waals surface area contributed by atoms with E-state index in [0.29, 0.717) is 6.42 Å². The number of oxime groups is 1. The van der Waals surface area contributed by atoms with Crippen LogP contribution in [0.15, 0.2) is 25.3 Å². The van der Waals surface area contributed by atoms with E-state index in [-0.39, 0.29) is 10.0 Å². The Bertz CT molecular complexity index is 512. The molecule has 1 unspecified atom stereocenters. The lowest BCUT2D eigenvalue weighted by Crippen LogP contribution is -2.43. The summed E-state index contributed by atoms with van der Waals surface area (Å²) in [5.41, 5.74) is 5.39. The van der Waals surface area contributed by atoms with Gasteiger partial charge in [0.15, 0.2) is 5.84 Å². The Kier molecular flexibility index (Phi) is 4.92. The predicted octanol–water partition coefficient (Wildman–Crippen LogP) is 1.31. The van der Waals surface area contributed by atoms with E-state index >= 15 is 0 Å². The number of hydrogen-bond acceptors (Lipinski definition) is 5. The third-order valence-electron chi connectivity index (χ3n) is 1.99. The first-order chi connectivity index (χ1) is 7.90. The highest BCUT2D eigenvalue weighted by Gasteiger charge is 2.23. The summed E-state index contributed by atoms with van der Waals surface area (Å²) in [6.07, 6.45) is 0.391. The molecule has 17 heavy (non-hydrogen) atoms. The van der Waals surface area contributed by atoms with Crippen molar-refractivity contribution in [1.82, 2.24) is 4.72 Å². The van der Waals surface area contributed by atoms with Gasteiger partial charge < -0.3 is 10.9 Å². The molecule has 0 amide bonds. The van der Waals surface area contributed by atoms with E-state index in [4.69, 9.17) is 10.9 Å². The fraction of sp³-hybridized carbons (Fsp3) is 0.375. The summed E-state index contributed by atoms with van der Waals surface area (Å²) in [6.45, 7) is 1.73. The molecule has 0 aliphatic heterocycles. The van der Waals surface area contributed by atoms with Crippen LogP contribution in [0.25, 0.3) is 0 Å². The molecule has 1 heterocycles. The zero-order valence-electron chi connectivity index (χ0n) is 8.92. The van der Waals surface area contributed by atoms with E-state index in [1.54, 1.807) is 13.0 Å². The second kappa shape index (κ2) is 5.80. The molecule has 0 saturated carbocycles. The van der Waals surface area contributed by atoms with Gasteiger partial charge in [0.1, 0.15) is 4.21 Å². The molecule has 0 aromatic carbocycles. The second-order valence-corrected chi connectivity index (χ2v) is 7.57. The molecule has 1 aromatic heterocycles. The Morgan fingerprint density at radius 2 is 2.35 bits per heavy atom. The summed E-state index contributed by atoms with van der Waals surface area (Å²) in [5.74, 6) is -0.160. The molecular weight excluding hydrogens is 330 g/mol. The first-order valence-electron chi connectivity index (χ1n) is 4.65. The first kappa shape index (κ1) is 14.4. The summed E-state index contributed by atoms with van der Waals surface area (Å²) >= 11 is 4.28. The number of rotatable bonds is 5. The number of nitrogens with two attached hydrogens (primary N) is 1. The summed E-state index contributed by atoms with van der Waals surface area (Å²) in [4.78, 5) is 0. The Morgan fingerprint density at radius 3 is 2.76 bits per heavy atom. The van der Waals surface area contributed by atoms with Gasteiger partial charge >= 0.3 is 0 Å². The van der Waals surface area contributed by atoms with Crippen LogP contribution >= 0.6 is 27.3 Å². The van der Waals surface area contributed by atoms with Gasteiger partial charge in [0.05, 0.1) is 9.83 Å². The zero-order valence-corrected chi connectivity index (χ0v) is 12.1. The average Bonchev–Trinajstić information content (AvgIpc) is 2.72. The molecule has 4 N–H and O–H groups in total. The minimum absolute atomic E-state index is 0.160.